The van der Waals surface area contributed by atoms with E-state index in [4.69, 9.17) is 4.74 Å². The molecule has 76 valence electrons. The van der Waals surface area contributed by atoms with Crippen molar-refractivity contribution in [3.8, 4) is 0 Å². The zero-order valence-electron chi connectivity index (χ0n) is 8.18. The third-order valence-corrected chi connectivity index (χ3v) is 2.87. The fourth-order valence-corrected chi connectivity index (χ4v) is 1.92. The first-order valence-electron chi connectivity index (χ1n) is 4.82. The second-order valence-corrected chi connectivity index (χ2v) is 4.73. The summed E-state index contributed by atoms with van der Waals surface area (Å²) in [6, 6.07) is 0.653. The molecule has 0 unspecified atom stereocenters. The van der Waals surface area contributed by atoms with Crippen molar-refractivity contribution in [3.05, 3.63) is 11.1 Å². The van der Waals surface area contributed by atoms with Crippen molar-refractivity contribution >= 4 is 15.9 Å². The molecule has 1 rings (SSSR count). The number of nitrogens with one attached hydrogen (secondary N) is 1. The minimum Gasteiger partial charge on any atom is -0.381 e. The van der Waals surface area contributed by atoms with Crippen molar-refractivity contribution in [3.63, 3.8) is 0 Å². The van der Waals surface area contributed by atoms with Crippen molar-refractivity contribution in [2.24, 2.45) is 0 Å². The van der Waals surface area contributed by atoms with Crippen LogP contribution in [0.3, 0.4) is 0 Å². The van der Waals surface area contributed by atoms with E-state index in [1.165, 1.54) is 25.7 Å². The largest absolute Gasteiger partial charge is 0.381 e. The molecule has 1 aliphatic rings. The predicted octanol–water partition coefficient (Wildman–Crippen LogP) is 2.44. The topological polar surface area (TPSA) is 21.3 Å². The molecular formula is C10H18BrNO. The fraction of sp³-hybridized carbons (Fsp3) is 0.800. The summed E-state index contributed by atoms with van der Waals surface area (Å²) >= 11 is 3.35. The smallest absolute Gasteiger partial charge is 0.0572 e. The van der Waals surface area contributed by atoms with E-state index in [-0.39, 0.29) is 0 Å². The van der Waals surface area contributed by atoms with Gasteiger partial charge < -0.3 is 10.1 Å². The molecule has 0 aromatic heterocycles. The standard InChI is InChI=1S/C10H18BrNO/c1-8(11)7-12-9-3-5-10(13-2)6-4-9/h9-10,12H,1,3-7H2,2H3. The van der Waals surface area contributed by atoms with E-state index in [0.717, 1.165) is 11.0 Å². The average molecular weight is 248 g/mol. The van der Waals surface area contributed by atoms with Crippen molar-refractivity contribution in [1.29, 1.82) is 0 Å². The zero-order chi connectivity index (χ0) is 9.68. The highest BCUT2D eigenvalue weighted by Crippen LogP contribution is 2.20. The van der Waals surface area contributed by atoms with Crippen LogP contribution >= 0.6 is 15.9 Å². The van der Waals surface area contributed by atoms with Gasteiger partial charge in [-0.3, -0.25) is 0 Å². The Morgan fingerprint density at radius 3 is 2.54 bits per heavy atom. The van der Waals surface area contributed by atoms with Gasteiger partial charge in [0.15, 0.2) is 0 Å². The molecule has 0 radical (unpaired) electrons. The molecule has 0 spiro atoms. The van der Waals surface area contributed by atoms with Crippen LogP contribution < -0.4 is 5.32 Å². The molecule has 0 bridgehead atoms. The van der Waals surface area contributed by atoms with E-state index in [1.807, 2.05) is 0 Å². The van der Waals surface area contributed by atoms with Crippen LogP contribution in [0, 0.1) is 0 Å². The Hall–Kier alpha value is 0.140. The van der Waals surface area contributed by atoms with Gasteiger partial charge in [0, 0.05) is 24.2 Å². The van der Waals surface area contributed by atoms with E-state index < -0.39 is 0 Å². The second-order valence-electron chi connectivity index (χ2n) is 3.61. The molecule has 0 atom stereocenters. The summed E-state index contributed by atoms with van der Waals surface area (Å²) in [6.45, 7) is 4.68. The number of ether oxygens (including phenoxy) is 1. The summed E-state index contributed by atoms with van der Waals surface area (Å²) < 4.78 is 6.34. The molecule has 3 heteroatoms. The minimum absolute atomic E-state index is 0.491. The third-order valence-electron chi connectivity index (χ3n) is 2.59. The van der Waals surface area contributed by atoms with Crippen LogP contribution in [0.15, 0.2) is 11.1 Å². The van der Waals surface area contributed by atoms with E-state index in [0.29, 0.717) is 12.1 Å². The van der Waals surface area contributed by atoms with Crippen molar-refractivity contribution in [2.75, 3.05) is 13.7 Å². The molecule has 0 aromatic carbocycles. The van der Waals surface area contributed by atoms with Gasteiger partial charge in [-0.2, -0.15) is 0 Å². The van der Waals surface area contributed by atoms with E-state index in [1.54, 1.807) is 7.11 Å². The Kier molecular flexibility index (Phi) is 4.99. The normalized spacial score (nSPS) is 28.8. The predicted molar refractivity (Wildman–Crippen MR) is 59.1 cm³/mol. The average Bonchev–Trinajstić information content (AvgIpc) is 2.15. The molecule has 0 heterocycles. The lowest BCUT2D eigenvalue weighted by atomic mass is 9.93. The number of rotatable bonds is 4. The highest BCUT2D eigenvalue weighted by atomic mass is 79.9. The fourth-order valence-electron chi connectivity index (χ4n) is 1.76. The summed E-state index contributed by atoms with van der Waals surface area (Å²) in [5.41, 5.74) is 0. The SMILES string of the molecule is C=C(Br)CNC1CCC(OC)CC1. The highest BCUT2D eigenvalue weighted by molar-refractivity contribution is 9.11. The van der Waals surface area contributed by atoms with Crippen LogP contribution in [0.2, 0.25) is 0 Å². The number of hydrogen-bond donors (Lipinski definition) is 1. The van der Waals surface area contributed by atoms with Crippen molar-refractivity contribution < 1.29 is 4.74 Å². The van der Waals surface area contributed by atoms with Gasteiger partial charge in [-0.1, -0.05) is 22.5 Å². The Morgan fingerprint density at radius 2 is 2.08 bits per heavy atom. The summed E-state index contributed by atoms with van der Waals surface area (Å²) in [5, 5.41) is 3.46. The molecule has 0 aliphatic heterocycles. The van der Waals surface area contributed by atoms with Crippen LogP contribution in [0.1, 0.15) is 25.7 Å². The first-order chi connectivity index (χ1) is 6.22. The maximum atomic E-state index is 5.31. The highest BCUT2D eigenvalue weighted by Gasteiger charge is 2.19. The number of methoxy groups -OCH3 is 1. The lowest BCUT2D eigenvalue weighted by Gasteiger charge is -2.28. The van der Waals surface area contributed by atoms with Crippen molar-refractivity contribution in [1.82, 2.24) is 5.32 Å². The van der Waals surface area contributed by atoms with Gasteiger partial charge >= 0.3 is 0 Å². The van der Waals surface area contributed by atoms with Crippen LogP contribution in [0.4, 0.5) is 0 Å². The van der Waals surface area contributed by atoms with Gasteiger partial charge in [0.05, 0.1) is 6.10 Å². The third kappa shape index (κ3) is 4.25. The molecule has 1 saturated carbocycles. The minimum atomic E-state index is 0.491. The van der Waals surface area contributed by atoms with Crippen LogP contribution in [-0.2, 0) is 4.74 Å². The van der Waals surface area contributed by atoms with Gasteiger partial charge in [-0.15, -0.1) is 0 Å². The summed E-state index contributed by atoms with van der Waals surface area (Å²) in [6.07, 6.45) is 5.30. The van der Waals surface area contributed by atoms with Gasteiger partial charge in [0.2, 0.25) is 0 Å². The maximum Gasteiger partial charge on any atom is 0.0572 e. The Balaban J connectivity index is 2.14. The molecule has 1 aliphatic carbocycles. The number of halogens is 1. The molecule has 1 fully saturated rings. The summed E-state index contributed by atoms with van der Waals surface area (Å²) in [5.74, 6) is 0. The van der Waals surface area contributed by atoms with Gasteiger partial charge in [-0.25, -0.2) is 0 Å². The first-order valence-corrected chi connectivity index (χ1v) is 5.61. The monoisotopic (exact) mass is 247 g/mol. The molecule has 0 aromatic rings. The molecular weight excluding hydrogens is 230 g/mol. The molecule has 0 amide bonds. The number of hydrogen-bond acceptors (Lipinski definition) is 2. The Labute approximate surface area is 88.9 Å². The summed E-state index contributed by atoms with van der Waals surface area (Å²) in [7, 11) is 1.80. The lowest BCUT2D eigenvalue weighted by Crippen LogP contribution is -2.35. The van der Waals surface area contributed by atoms with Crippen LogP contribution in [0.25, 0.3) is 0 Å². The van der Waals surface area contributed by atoms with Crippen LogP contribution in [0.5, 0.6) is 0 Å². The molecule has 13 heavy (non-hydrogen) atoms. The Bertz CT molecular complexity index is 164. The first kappa shape index (κ1) is 11.2. The van der Waals surface area contributed by atoms with E-state index in [9.17, 15) is 0 Å². The van der Waals surface area contributed by atoms with E-state index >= 15 is 0 Å². The van der Waals surface area contributed by atoms with Crippen molar-refractivity contribution in [2.45, 2.75) is 37.8 Å². The Morgan fingerprint density at radius 1 is 1.46 bits per heavy atom. The quantitative estimate of drug-likeness (QED) is 0.825. The van der Waals surface area contributed by atoms with Gasteiger partial charge in [-0.05, 0) is 25.7 Å². The molecule has 0 saturated heterocycles. The zero-order valence-corrected chi connectivity index (χ0v) is 9.77. The van der Waals surface area contributed by atoms with E-state index in [2.05, 4.69) is 27.8 Å². The maximum absolute atomic E-state index is 5.31. The van der Waals surface area contributed by atoms with Crippen LogP contribution in [-0.4, -0.2) is 25.8 Å². The molecule has 1 N–H and O–H groups in total. The molecule has 2 nitrogen and oxygen atoms in total. The van der Waals surface area contributed by atoms with Gasteiger partial charge in [0.25, 0.3) is 0 Å². The lowest BCUT2D eigenvalue weighted by molar-refractivity contribution is 0.0630. The van der Waals surface area contributed by atoms with Gasteiger partial charge in [0.1, 0.15) is 0 Å². The second kappa shape index (κ2) is 5.78. The summed E-state index contributed by atoms with van der Waals surface area (Å²) in [4.78, 5) is 0.